The summed E-state index contributed by atoms with van der Waals surface area (Å²) < 4.78 is 16.8. The van der Waals surface area contributed by atoms with Crippen LogP contribution in [0.25, 0.3) is 11.1 Å². The lowest BCUT2D eigenvalue weighted by Crippen LogP contribution is -2.36. The molecule has 0 saturated heterocycles. The Hall–Kier alpha value is -2.52. The molecular weight excluding hydrogens is 345 g/mol. The van der Waals surface area contributed by atoms with E-state index in [9.17, 15) is 9.46 Å². The average molecular weight is 364 g/mol. The van der Waals surface area contributed by atoms with Gasteiger partial charge in [0.15, 0.2) is 0 Å². The van der Waals surface area contributed by atoms with E-state index in [-0.39, 0.29) is 0 Å². The van der Waals surface area contributed by atoms with Crippen LogP contribution in [0.2, 0.25) is 0 Å². The molecule has 0 radical (unpaired) electrons. The summed E-state index contributed by atoms with van der Waals surface area (Å²) in [7, 11) is -2.70. The van der Waals surface area contributed by atoms with E-state index in [1.807, 2.05) is 59.5 Å². The summed E-state index contributed by atoms with van der Waals surface area (Å²) in [5.74, 6) is 0. The molecule has 0 amide bonds. The smallest absolute Gasteiger partial charge is 0.338 e. The Labute approximate surface area is 153 Å². The molecule has 0 aliphatic carbocycles. The van der Waals surface area contributed by atoms with Gasteiger partial charge in [-0.1, -0.05) is 71.3 Å². The minimum absolute atomic E-state index is 0.559. The van der Waals surface area contributed by atoms with Crippen molar-refractivity contribution in [2.75, 3.05) is 11.4 Å². The number of fused-ring (bicyclic) bond motifs is 1. The Balaban J connectivity index is 1.66. The summed E-state index contributed by atoms with van der Waals surface area (Å²) >= 11 is 0. The first-order valence-electron chi connectivity index (χ1n) is 8.55. The number of anilines is 1. The first-order chi connectivity index (χ1) is 12.7. The number of hydrogen-bond acceptors (Lipinski definition) is 3. The van der Waals surface area contributed by atoms with Crippen LogP contribution < -0.4 is 4.90 Å². The molecule has 3 aromatic rings. The predicted molar refractivity (Wildman–Crippen MR) is 103 cm³/mol. The highest BCUT2D eigenvalue weighted by atomic mass is 31.1. The molecule has 5 heteroatoms. The number of nitrogens with zero attached hydrogens (tertiary/aromatic N) is 1. The monoisotopic (exact) mass is 364 g/mol. The van der Waals surface area contributed by atoms with Crippen LogP contribution in [0.3, 0.4) is 0 Å². The minimum Gasteiger partial charge on any atom is -0.338 e. The molecule has 1 aliphatic rings. The van der Waals surface area contributed by atoms with Crippen LogP contribution in [0.15, 0.2) is 78.9 Å². The summed E-state index contributed by atoms with van der Waals surface area (Å²) in [6, 6.07) is 26.3. The van der Waals surface area contributed by atoms with Gasteiger partial charge >= 0.3 is 8.25 Å². The van der Waals surface area contributed by atoms with Crippen molar-refractivity contribution in [2.45, 2.75) is 12.6 Å². The lowest BCUT2D eigenvalue weighted by atomic mass is 9.97. The Morgan fingerprint density at radius 2 is 1.54 bits per heavy atom. The van der Waals surface area contributed by atoms with Crippen molar-refractivity contribution in [2.24, 2.45) is 0 Å². The summed E-state index contributed by atoms with van der Waals surface area (Å²) in [4.78, 5) is 11.4. The highest BCUT2D eigenvalue weighted by Crippen LogP contribution is 2.39. The average Bonchev–Trinajstić information content (AvgIpc) is 2.69. The maximum atomic E-state index is 11.4. The number of benzene rings is 3. The van der Waals surface area contributed by atoms with Crippen LogP contribution in [-0.4, -0.2) is 11.4 Å². The number of hydrogen-bond donors (Lipinski definition) is 1. The van der Waals surface area contributed by atoms with Gasteiger partial charge in [0.2, 0.25) is 6.23 Å². The molecule has 1 unspecified atom stereocenters. The van der Waals surface area contributed by atoms with Crippen molar-refractivity contribution in [1.82, 2.24) is 0 Å². The van der Waals surface area contributed by atoms with Gasteiger partial charge in [0, 0.05) is 22.4 Å². The lowest BCUT2D eigenvalue weighted by Gasteiger charge is -2.35. The Morgan fingerprint density at radius 1 is 0.885 bits per heavy atom. The van der Waals surface area contributed by atoms with Crippen molar-refractivity contribution in [3.05, 3.63) is 90.0 Å². The van der Waals surface area contributed by atoms with Gasteiger partial charge in [0.25, 0.3) is 0 Å². The lowest BCUT2D eigenvalue weighted by molar-refractivity contribution is 0.179. The van der Waals surface area contributed by atoms with Gasteiger partial charge in [-0.15, -0.1) is 4.89 Å². The molecule has 1 N–H and O–H groups in total. The maximum absolute atomic E-state index is 11.4. The van der Waals surface area contributed by atoms with Crippen LogP contribution in [0.1, 0.15) is 17.4 Å². The standard InChI is InChI=1S/C21H18NO3P/c23-26(24)25-21-20-9-5-4-8-18(20)14-15-22(21)19-12-10-17(11-13-19)16-6-2-1-3-7-16/h1-13,21H,14-15H2/p+1/t21-/m0/s1. The third kappa shape index (κ3) is 3.40. The molecule has 0 saturated carbocycles. The largest absolute Gasteiger partial charge is 0.697 e. The maximum Gasteiger partial charge on any atom is 0.697 e. The van der Waals surface area contributed by atoms with Crippen molar-refractivity contribution < 1.29 is 14.0 Å². The van der Waals surface area contributed by atoms with Crippen molar-refractivity contribution in [1.29, 1.82) is 0 Å². The van der Waals surface area contributed by atoms with Gasteiger partial charge in [-0.2, -0.15) is 0 Å². The Kier molecular flexibility index (Phi) is 4.81. The molecule has 0 bridgehead atoms. The van der Waals surface area contributed by atoms with Crippen LogP contribution in [0.4, 0.5) is 5.69 Å². The Morgan fingerprint density at radius 3 is 2.27 bits per heavy atom. The molecule has 1 heterocycles. The van der Waals surface area contributed by atoms with Gasteiger partial charge < -0.3 is 4.90 Å². The van der Waals surface area contributed by atoms with Crippen molar-refractivity contribution in [3.8, 4) is 11.1 Å². The van der Waals surface area contributed by atoms with Crippen LogP contribution in [0, 0.1) is 0 Å². The molecule has 0 fully saturated rings. The molecule has 4 rings (SSSR count). The third-order valence-electron chi connectivity index (χ3n) is 4.72. The molecule has 3 aromatic carbocycles. The zero-order valence-electron chi connectivity index (χ0n) is 14.2. The van der Waals surface area contributed by atoms with E-state index in [1.165, 1.54) is 0 Å². The highest BCUT2D eigenvalue weighted by Gasteiger charge is 2.35. The topological polar surface area (TPSA) is 49.8 Å². The molecule has 130 valence electrons. The van der Waals surface area contributed by atoms with Crippen molar-refractivity contribution >= 4 is 13.9 Å². The second-order valence-electron chi connectivity index (χ2n) is 6.25. The fourth-order valence-corrected chi connectivity index (χ4v) is 3.87. The first-order valence-corrected chi connectivity index (χ1v) is 9.68. The second kappa shape index (κ2) is 7.38. The van der Waals surface area contributed by atoms with Crippen molar-refractivity contribution in [3.63, 3.8) is 0 Å². The van der Waals surface area contributed by atoms with Gasteiger partial charge in [-0.3, -0.25) is 0 Å². The molecule has 0 aromatic heterocycles. The zero-order valence-corrected chi connectivity index (χ0v) is 15.0. The summed E-state index contributed by atoms with van der Waals surface area (Å²) in [6.07, 6.45) is 0.315. The number of rotatable bonds is 4. The van der Waals surface area contributed by atoms with Crippen LogP contribution in [0.5, 0.6) is 0 Å². The SMILES string of the molecule is O=[P+](O)O[C@H]1c2ccccc2CCN1c1ccc(-c2ccccc2)cc1. The highest BCUT2D eigenvalue weighted by molar-refractivity contribution is 7.32. The van der Waals surface area contributed by atoms with E-state index < -0.39 is 14.5 Å². The minimum atomic E-state index is -2.70. The molecule has 26 heavy (non-hydrogen) atoms. The molecule has 0 spiro atoms. The van der Waals surface area contributed by atoms with E-state index in [0.717, 1.165) is 40.9 Å². The van der Waals surface area contributed by atoms with Gasteiger partial charge in [-0.05, 0) is 35.2 Å². The molecule has 2 atom stereocenters. The fraction of sp³-hybridized carbons (Fsp3) is 0.143. The third-order valence-corrected chi connectivity index (χ3v) is 5.10. The van der Waals surface area contributed by atoms with E-state index in [2.05, 4.69) is 24.3 Å². The first kappa shape index (κ1) is 16.9. The van der Waals surface area contributed by atoms with Crippen LogP contribution >= 0.6 is 8.25 Å². The summed E-state index contributed by atoms with van der Waals surface area (Å²) in [5, 5.41) is 0. The predicted octanol–water partition coefficient (Wildman–Crippen LogP) is 5.08. The van der Waals surface area contributed by atoms with Gasteiger partial charge in [-0.25, -0.2) is 0 Å². The van der Waals surface area contributed by atoms with Gasteiger partial charge in [0.1, 0.15) is 0 Å². The van der Waals surface area contributed by atoms with E-state index >= 15 is 0 Å². The second-order valence-corrected chi connectivity index (χ2v) is 6.94. The molecule has 4 nitrogen and oxygen atoms in total. The summed E-state index contributed by atoms with van der Waals surface area (Å²) in [5.41, 5.74) is 5.38. The fourth-order valence-electron chi connectivity index (χ4n) is 3.47. The van der Waals surface area contributed by atoms with E-state index in [1.54, 1.807) is 0 Å². The Bertz CT molecular complexity index is 912. The van der Waals surface area contributed by atoms with E-state index in [4.69, 9.17) is 4.52 Å². The normalized spacial score (nSPS) is 16.9. The summed E-state index contributed by atoms with van der Waals surface area (Å²) in [6.45, 7) is 0.732. The molecule has 1 aliphatic heterocycles. The zero-order chi connectivity index (χ0) is 17.9. The quantitative estimate of drug-likeness (QED) is 0.656. The molecular formula is C21H19NO3P+. The van der Waals surface area contributed by atoms with E-state index in [0.29, 0.717) is 0 Å². The van der Waals surface area contributed by atoms with Gasteiger partial charge in [0.05, 0.1) is 0 Å². The van der Waals surface area contributed by atoms with Crippen LogP contribution in [-0.2, 0) is 15.5 Å².